The van der Waals surface area contributed by atoms with Crippen molar-refractivity contribution in [2.45, 2.75) is 25.8 Å². The van der Waals surface area contributed by atoms with Gasteiger partial charge in [0.15, 0.2) is 0 Å². The van der Waals surface area contributed by atoms with E-state index in [1.54, 1.807) is 0 Å². The van der Waals surface area contributed by atoms with Crippen LogP contribution in [0, 0.1) is 0 Å². The van der Waals surface area contributed by atoms with Gasteiger partial charge in [-0.15, -0.1) is 0 Å². The molecule has 1 heterocycles. The monoisotopic (exact) mass is 221 g/mol. The van der Waals surface area contributed by atoms with Crippen LogP contribution >= 0.6 is 12.6 Å². The van der Waals surface area contributed by atoms with E-state index < -0.39 is 0 Å². The first-order valence-electron chi connectivity index (χ1n) is 5.20. The predicted molar refractivity (Wildman–Crippen MR) is 64.3 cm³/mol. The quantitative estimate of drug-likeness (QED) is 0.734. The van der Waals surface area contributed by atoms with E-state index >= 15 is 0 Å². The second-order valence-corrected chi connectivity index (χ2v) is 4.43. The Bertz CT molecular complexity index is 389. The molecule has 80 valence electrons. The lowest BCUT2D eigenvalue weighted by atomic mass is 9.94. The lowest BCUT2D eigenvalue weighted by Crippen LogP contribution is -2.30. The molecule has 0 radical (unpaired) electrons. The van der Waals surface area contributed by atoms with E-state index in [9.17, 15) is 4.79 Å². The topological polar surface area (TPSA) is 29.1 Å². The van der Waals surface area contributed by atoms with Gasteiger partial charge in [0.2, 0.25) is 5.91 Å². The van der Waals surface area contributed by atoms with Gasteiger partial charge >= 0.3 is 0 Å². The highest BCUT2D eigenvalue weighted by molar-refractivity contribution is 7.80. The van der Waals surface area contributed by atoms with Crippen molar-refractivity contribution in [3.63, 3.8) is 0 Å². The molecule has 2 nitrogen and oxygen atoms in total. The van der Waals surface area contributed by atoms with Crippen molar-refractivity contribution in [2.75, 3.05) is 5.75 Å². The van der Waals surface area contributed by atoms with Gasteiger partial charge in [0.1, 0.15) is 0 Å². The Morgan fingerprint density at radius 1 is 1.47 bits per heavy atom. The van der Waals surface area contributed by atoms with Gasteiger partial charge in [-0.3, -0.25) is 4.79 Å². The Morgan fingerprint density at radius 2 is 2.27 bits per heavy atom. The van der Waals surface area contributed by atoms with Crippen molar-refractivity contribution in [1.82, 2.24) is 5.32 Å². The number of fused-ring (bicyclic) bond motifs is 1. The number of benzene rings is 1. The summed E-state index contributed by atoms with van der Waals surface area (Å²) in [6, 6.07) is 6.37. The fourth-order valence-corrected chi connectivity index (χ4v) is 2.03. The average Bonchev–Trinajstić information content (AvgIpc) is 2.27. The zero-order valence-electron chi connectivity index (χ0n) is 8.79. The van der Waals surface area contributed by atoms with E-state index in [4.69, 9.17) is 0 Å². The number of carbonyl (C=O) groups is 1. The number of rotatable bonds is 2. The van der Waals surface area contributed by atoms with Crippen molar-refractivity contribution in [3.05, 3.63) is 34.9 Å². The standard InChI is InChI=1S/C12H15NOS/c1-8(7-15)9-2-3-10-5-12(14)13-6-11(10)4-9/h2-4,8,15H,5-7H2,1H3,(H,13,14). The number of hydrogen-bond acceptors (Lipinski definition) is 2. The first-order valence-corrected chi connectivity index (χ1v) is 5.83. The Labute approximate surface area is 95.5 Å². The van der Waals surface area contributed by atoms with Gasteiger partial charge in [-0.1, -0.05) is 25.1 Å². The second-order valence-electron chi connectivity index (χ2n) is 4.07. The molecule has 0 bridgehead atoms. The van der Waals surface area contributed by atoms with E-state index in [-0.39, 0.29) is 5.91 Å². The minimum atomic E-state index is 0.123. The maximum atomic E-state index is 11.2. The number of thiol groups is 1. The fraction of sp³-hybridized carbons (Fsp3) is 0.417. The smallest absolute Gasteiger partial charge is 0.224 e. The largest absolute Gasteiger partial charge is 0.352 e. The predicted octanol–water partition coefficient (Wildman–Crippen LogP) is 1.89. The molecule has 0 spiro atoms. The van der Waals surface area contributed by atoms with E-state index in [1.165, 1.54) is 11.1 Å². The zero-order valence-corrected chi connectivity index (χ0v) is 9.68. The van der Waals surface area contributed by atoms with Crippen LogP contribution in [0.1, 0.15) is 29.5 Å². The summed E-state index contributed by atoms with van der Waals surface area (Å²) in [6.45, 7) is 2.83. The summed E-state index contributed by atoms with van der Waals surface area (Å²) in [5.41, 5.74) is 3.72. The van der Waals surface area contributed by atoms with E-state index in [1.807, 2.05) is 0 Å². The summed E-state index contributed by atoms with van der Waals surface area (Å²) >= 11 is 4.30. The van der Waals surface area contributed by atoms with Crippen LogP contribution in [0.2, 0.25) is 0 Å². The molecule has 1 N–H and O–H groups in total. The van der Waals surface area contributed by atoms with Crippen molar-refractivity contribution in [2.24, 2.45) is 0 Å². The Balaban J connectivity index is 2.30. The van der Waals surface area contributed by atoms with Crippen molar-refractivity contribution in [3.8, 4) is 0 Å². The SMILES string of the molecule is CC(CS)c1ccc2c(c1)CNC(=O)C2. The summed E-state index contributed by atoms with van der Waals surface area (Å²) in [7, 11) is 0. The number of hydrogen-bond donors (Lipinski definition) is 2. The highest BCUT2D eigenvalue weighted by Gasteiger charge is 2.15. The number of amides is 1. The van der Waals surface area contributed by atoms with Crippen LogP contribution in [-0.4, -0.2) is 11.7 Å². The summed E-state index contributed by atoms with van der Waals surface area (Å²) in [4.78, 5) is 11.2. The van der Waals surface area contributed by atoms with E-state index in [0.29, 0.717) is 18.9 Å². The van der Waals surface area contributed by atoms with Gasteiger partial charge < -0.3 is 5.32 Å². The van der Waals surface area contributed by atoms with Crippen LogP contribution in [0.15, 0.2) is 18.2 Å². The molecular formula is C12H15NOS. The molecule has 1 aliphatic heterocycles. The molecule has 15 heavy (non-hydrogen) atoms. The molecule has 1 amide bonds. The zero-order chi connectivity index (χ0) is 10.8. The molecular weight excluding hydrogens is 206 g/mol. The van der Waals surface area contributed by atoms with Gasteiger partial charge in [0, 0.05) is 6.54 Å². The Kier molecular flexibility index (Phi) is 3.00. The second kappa shape index (κ2) is 4.27. The van der Waals surface area contributed by atoms with Crippen LogP contribution in [0.4, 0.5) is 0 Å². The number of nitrogens with one attached hydrogen (secondary N) is 1. The maximum Gasteiger partial charge on any atom is 0.224 e. The van der Waals surface area contributed by atoms with Gasteiger partial charge in [-0.05, 0) is 28.4 Å². The average molecular weight is 221 g/mol. The maximum absolute atomic E-state index is 11.2. The molecule has 1 aliphatic rings. The molecule has 3 heteroatoms. The van der Waals surface area contributed by atoms with Gasteiger partial charge in [-0.2, -0.15) is 12.6 Å². The third-order valence-electron chi connectivity index (χ3n) is 2.90. The van der Waals surface area contributed by atoms with Crippen molar-refractivity contribution in [1.29, 1.82) is 0 Å². The summed E-state index contributed by atoms with van der Waals surface area (Å²) in [5.74, 6) is 1.44. The molecule has 0 saturated heterocycles. The molecule has 1 atom stereocenters. The van der Waals surface area contributed by atoms with Crippen LogP contribution in [0.25, 0.3) is 0 Å². The van der Waals surface area contributed by atoms with E-state index in [2.05, 4.69) is 43.1 Å². The summed E-state index contributed by atoms with van der Waals surface area (Å²) in [6.07, 6.45) is 0.519. The van der Waals surface area contributed by atoms with Crippen LogP contribution in [-0.2, 0) is 17.8 Å². The lowest BCUT2D eigenvalue weighted by Gasteiger charge is -2.19. The first kappa shape index (κ1) is 10.6. The van der Waals surface area contributed by atoms with Crippen molar-refractivity contribution >= 4 is 18.5 Å². The highest BCUT2D eigenvalue weighted by Crippen LogP contribution is 2.22. The summed E-state index contributed by atoms with van der Waals surface area (Å²) in [5, 5.41) is 2.86. The third-order valence-corrected chi connectivity index (χ3v) is 3.45. The molecule has 1 aromatic carbocycles. The minimum absolute atomic E-state index is 0.123. The van der Waals surface area contributed by atoms with Gasteiger partial charge in [0.05, 0.1) is 6.42 Å². The number of carbonyl (C=O) groups excluding carboxylic acids is 1. The van der Waals surface area contributed by atoms with E-state index in [0.717, 1.165) is 11.3 Å². The molecule has 0 aliphatic carbocycles. The Morgan fingerprint density at radius 3 is 3.00 bits per heavy atom. The van der Waals surface area contributed by atoms with Crippen LogP contribution < -0.4 is 5.32 Å². The minimum Gasteiger partial charge on any atom is -0.352 e. The summed E-state index contributed by atoms with van der Waals surface area (Å²) < 4.78 is 0. The molecule has 2 rings (SSSR count). The third kappa shape index (κ3) is 2.17. The molecule has 1 aromatic rings. The fourth-order valence-electron chi connectivity index (χ4n) is 1.82. The molecule has 0 aromatic heterocycles. The molecule has 0 saturated carbocycles. The lowest BCUT2D eigenvalue weighted by molar-refractivity contribution is -0.121. The van der Waals surface area contributed by atoms with Crippen LogP contribution in [0.3, 0.4) is 0 Å². The first-order chi connectivity index (χ1) is 7.20. The molecule has 0 fully saturated rings. The molecule has 1 unspecified atom stereocenters. The Hall–Kier alpha value is -0.960. The van der Waals surface area contributed by atoms with Gasteiger partial charge in [0.25, 0.3) is 0 Å². The van der Waals surface area contributed by atoms with Crippen LogP contribution in [0.5, 0.6) is 0 Å². The van der Waals surface area contributed by atoms with Gasteiger partial charge in [-0.25, -0.2) is 0 Å². The highest BCUT2D eigenvalue weighted by atomic mass is 32.1. The normalized spacial score (nSPS) is 16.8. The van der Waals surface area contributed by atoms with Crippen molar-refractivity contribution < 1.29 is 4.79 Å².